The fourth-order valence-corrected chi connectivity index (χ4v) is 2.52. The van der Waals surface area contributed by atoms with Crippen molar-refractivity contribution in [1.29, 1.82) is 0 Å². The fourth-order valence-electron chi connectivity index (χ4n) is 2.52. The van der Waals surface area contributed by atoms with Gasteiger partial charge < -0.3 is 5.32 Å². The minimum Gasteiger partial charge on any atom is -0.368 e. The van der Waals surface area contributed by atoms with Crippen LogP contribution in [0.25, 0.3) is 5.65 Å². The first-order valence-electron chi connectivity index (χ1n) is 6.56. The van der Waals surface area contributed by atoms with Crippen LogP contribution in [-0.4, -0.2) is 62.3 Å². The van der Waals surface area contributed by atoms with E-state index in [0.29, 0.717) is 31.1 Å². The lowest BCUT2D eigenvalue weighted by Gasteiger charge is -2.18. The molecule has 1 aliphatic rings. The van der Waals surface area contributed by atoms with E-state index in [1.165, 1.54) is 15.6 Å². The molecule has 1 atom stereocenters. The van der Waals surface area contributed by atoms with Crippen molar-refractivity contribution >= 4 is 11.5 Å². The number of halogens is 3. The molecule has 0 saturated carbocycles. The molecule has 114 valence electrons. The van der Waals surface area contributed by atoms with Crippen LogP contribution in [0.1, 0.15) is 6.42 Å². The molecule has 3 heterocycles. The molecule has 0 radical (unpaired) electrons. The van der Waals surface area contributed by atoms with Crippen molar-refractivity contribution < 1.29 is 13.2 Å². The number of nitrogens with one attached hydrogen (secondary N) is 1. The maximum absolute atomic E-state index is 12.3. The standard InChI is InChI=1S/C11H14F3N7/c12-11(13,14)7-20-2-1-8(6-20)3-16-9-4-15-5-10-17-18-19-21(9)10/h4-5,8,16H,1-3,6-7H2. The van der Waals surface area contributed by atoms with E-state index in [1.54, 1.807) is 6.20 Å². The monoisotopic (exact) mass is 301 g/mol. The second-order valence-corrected chi connectivity index (χ2v) is 5.13. The van der Waals surface area contributed by atoms with Crippen LogP contribution in [0.3, 0.4) is 0 Å². The highest BCUT2D eigenvalue weighted by atomic mass is 19.4. The highest BCUT2D eigenvalue weighted by Gasteiger charge is 2.34. The van der Waals surface area contributed by atoms with Gasteiger partial charge in [0.1, 0.15) is 5.82 Å². The topological polar surface area (TPSA) is 71.2 Å². The quantitative estimate of drug-likeness (QED) is 0.901. The summed E-state index contributed by atoms with van der Waals surface area (Å²) in [5.41, 5.74) is 0.519. The Kier molecular flexibility index (Phi) is 3.62. The average molecular weight is 301 g/mol. The van der Waals surface area contributed by atoms with Gasteiger partial charge in [0.2, 0.25) is 0 Å². The Bertz CT molecular complexity index is 611. The van der Waals surface area contributed by atoms with Crippen LogP contribution in [-0.2, 0) is 0 Å². The van der Waals surface area contributed by atoms with Gasteiger partial charge in [0.05, 0.1) is 18.9 Å². The van der Waals surface area contributed by atoms with Gasteiger partial charge in [-0.25, -0.2) is 0 Å². The molecule has 0 bridgehead atoms. The molecule has 1 aliphatic heterocycles. The van der Waals surface area contributed by atoms with Crippen molar-refractivity contribution in [1.82, 2.24) is 29.9 Å². The van der Waals surface area contributed by atoms with E-state index < -0.39 is 12.7 Å². The number of alkyl halides is 3. The van der Waals surface area contributed by atoms with Crippen LogP contribution in [0.4, 0.5) is 19.0 Å². The van der Waals surface area contributed by atoms with Gasteiger partial charge in [-0.1, -0.05) is 0 Å². The molecule has 1 N–H and O–H groups in total. The molecule has 3 rings (SSSR count). The molecule has 0 amide bonds. The maximum atomic E-state index is 12.3. The van der Waals surface area contributed by atoms with Crippen LogP contribution in [0.5, 0.6) is 0 Å². The van der Waals surface area contributed by atoms with Gasteiger partial charge in [-0.2, -0.15) is 17.7 Å². The molecule has 10 heteroatoms. The summed E-state index contributed by atoms with van der Waals surface area (Å²) < 4.78 is 38.5. The Hall–Kier alpha value is -1.97. The van der Waals surface area contributed by atoms with Crippen molar-refractivity contribution in [3.63, 3.8) is 0 Å². The van der Waals surface area contributed by atoms with Crippen molar-refractivity contribution in [2.24, 2.45) is 5.92 Å². The average Bonchev–Trinajstić information content (AvgIpc) is 3.03. The van der Waals surface area contributed by atoms with Gasteiger partial charge in [0.25, 0.3) is 0 Å². The SMILES string of the molecule is FC(F)(F)CN1CCC(CNc2cncc3nnnn23)C1. The number of hydrogen-bond acceptors (Lipinski definition) is 6. The van der Waals surface area contributed by atoms with Crippen molar-refractivity contribution in [2.75, 3.05) is 31.5 Å². The van der Waals surface area contributed by atoms with E-state index in [2.05, 4.69) is 25.8 Å². The normalized spacial score (nSPS) is 20.2. The minimum atomic E-state index is -4.13. The smallest absolute Gasteiger partial charge is 0.368 e. The Morgan fingerprint density at radius 2 is 2.19 bits per heavy atom. The number of anilines is 1. The molecule has 1 unspecified atom stereocenters. The predicted molar refractivity (Wildman–Crippen MR) is 67.7 cm³/mol. The first kappa shape index (κ1) is 14.0. The van der Waals surface area contributed by atoms with E-state index in [0.717, 1.165) is 6.42 Å². The summed E-state index contributed by atoms with van der Waals surface area (Å²) in [4.78, 5) is 5.44. The van der Waals surface area contributed by atoms with Crippen molar-refractivity contribution in [2.45, 2.75) is 12.6 Å². The Labute approximate surface area is 118 Å². The molecule has 1 saturated heterocycles. The lowest BCUT2D eigenvalue weighted by molar-refractivity contribution is -0.143. The zero-order valence-electron chi connectivity index (χ0n) is 11.1. The number of likely N-dealkylation sites (tertiary alicyclic amines) is 1. The van der Waals surface area contributed by atoms with Crippen molar-refractivity contribution in [3.05, 3.63) is 12.4 Å². The van der Waals surface area contributed by atoms with Gasteiger partial charge in [-0.05, 0) is 29.3 Å². The highest BCUT2D eigenvalue weighted by Crippen LogP contribution is 2.23. The summed E-state index contributed by atoms with van der Waals surface area (Å²) in [7, 11) is 0. The first-order valence-corrected chi connectivity index (χ1v) is 6.56. The summed E-state index contributed by atoms with van der Waals surface area (Å²) >= 11 is 0. The second kappa shape index (κ2) is 5.43. The van der Waals surface area contributed by atoms with Gasteiger partial charge in [0.15, 0.2) is 5.65 Å². The Morgan fingerprint density at radius 3 is 3.00 bits per heavy atom. The summed E-state index contributed by atoms with van der Waals surface area (Å²) in [6.45, 7) is 0.632. The fraction of sp³-hybridized carbons (Fsp3) is 0.636. The van der Waals surface area contributed by atoms with Crippen LogP contribution >= 0.6 is 0 Å². The van der Waals surface area contributed by atoms with E-state index >= 15 is 0 Å². The molecule has 0 spiro atoms. The maximum Gasteiger partial charge on any atom is 0.401 e. The minimum absolute atomic E-state index is 0.166. The van der Waals surface area contributed by atoms with Crippen LogP contribution in [0.2, 0.25) is 0 Å². The first-order chi connectivity index (χ1) is 10.0. The second-order valence-electron chi connectivity index (χ2n) is 5.13. The van der Waals surface area contributed by atoms with Crippen LogP contribution < -0.4 is 5.32 Å². The molecule has 21 heavy (non-hydrogen) atoms. The zero-order chi connectivity index (χ0) is 14.9. The number of nitrogens with zero attached hydrogens (tertiary/aromatic N) is 6. The number of hydrogen-bond donors (Lipinski definition) is 1. The number of tetrazole rings is 1. The Balaban J connectivity index is 1.56. The molecule has 0 aliphatic carbocycles. The molecule has 2 aromatic heterocycles. The third-order valence-electron chi connectivity index (χ3n) is 3.45. The van der Waals surface area contributed by atoms with Gasteiger partial charge in [-0.3, -0.25) is 9.88 Å². The highest BCUT2D eigenvalue weighted by molar-refractivity contribution is 5.43. The molecule has 7 nitrogen and oxygen atoms in total. The summed E-state index contributed by atoms with van der Waals surface area (Å²) in [5.74, 6) is 0.797. The van der Waals surface area contributed by atoms with Gasteiger partial charge in [-0.15, -0.1) is 5.10 Å². The van der Waals surface area contributed by atoms with Crippen molar-refractivity contribution in [3.8, 4) is 0 Å². The molecule has 1 fully saturated rings. The van der Waals surface area contributed by atoms with Crippen LogP contribution in [0, 0.1) is 5.92 Å². The summed E-state index contributed by atoms with van der Waals surface area (Å²) in [5, 5.41) is 14.3. The van der Waals surface area contributed by atoms with E-state index in [4.69, 9.17) is 0 Å². The van der Waals surface area contributed by atoms with Crippen LogP contribution in [0.15, 0.2) is 12.4 Å². The molecule has 2 aromatic rings. The number of aromatic nitrogens is 5. The predicted octanol–water partition coefficient (Wildman–Crippen LogP) is 0.815. The molecular weight excluding hydrogens is 287 g/mol. The largest absolute Gasteiger partial charge is 0.401 e. The lowest BCUT2D eigenvalue weighted by atomic mass is 10.1. The number of rotatable bonds is 4. The molecule has 0 aromatic carbocycles. The lowest BCUT2D eigenvalue weighted by Crippen LogP contribution is -2.33. The summed E-state index contributed by atoms with van der Waals surface area (Å²) in [6.07, 6.45) is -0.274. The van der Waals surface area contributed by atoms with Gasteiger partial charge >= 0.3 is 6.18 Å². The third-order valence-corrected chi connectivity index (χ3v) is 3.45. The zero-order valence-corrected chi connectivity index (χ0v) is 11.1. The third kappa shape index (κ3) is 3.38. The van der Waals surface area contributed by atoms with E-state index in [-0.39, 0.29) is 5.92 Å². The van der Waals surface area contributed by atoms with E-state index in [1.807, 2.05) is 0 Å². The van der Waals surface area contributed by atoms with E-state index in [9.17, 15) is 13.2 Å². The number of fused-ring (bicyclic) bond motifs is 1. The molecular formula is C11H14F3N7. The Morgan fingerprint density at radius 1 is 1.33 bits per heavy atom. The van der Waals surface area contributed by atoms with Gasteiger partial charge in [0, 0.05) is 13.1 Å². The summed E-state index contributed by atoms with van der Waals surface area (Å²) in [6, 6.07) is 0.